The summed E-state index contributed by atoms with van der Waals surface area (Å²) in [7, 11) is 1.48. The number of halogens is 3. The van der Waals surface area contributed by atoms with E-state index in [1.165, 1.54) is 42.0 Å². The monoisotopic (exact) mass is 272 g/mol. The van der Waals surface area contributed by atoms with E-state index in [9.17, 15) is 13.2 Å². The van der Waals surface area contributed by atoms with Crippen LogP contribution in [0.1, 0.15) is 17.0 Å². The molecule has 1 atom stereocenters. The van der Waals surface area contributed by atoms with Gasteiger partial charge in [-0.25, -0.2) is 0 Å². The molecule has 0 aliphatic heterocycles. The quantitative estimate of drug-likeness (QED) is 0.802. The van der Waals surface area contributed by atoms with Crippen molar-refractivity contribution in [1.29, 1.82) is 0 Å². The predicted molar refractivity (Wildman–Crippen MR) is 65.2 cm³/mol. The Hall–Kier alpha value is -1.49. The Morgan fingerprint density at radius 2 is 1.72 bits per heavy atom. The number of thiophene rings is 1. The lowest BCUT2D eigenvalue weighted by atomic mass is 9.93. The molecule has 0 saturated heterocycles. The molecular weight excluding hydrogens is 261 g/mol. The third-order valence-electron chi connectivity index (χ3n) is 2.65. The summed E-state index contributed by atoms with van der Waals surface area (Å²) in [6.07, 6.45) is -4.30. The van der Waals surface area contributed by atoms with Crippen LogP contribution in [0.25, 0.3) is 0 Å². The molecule has 0 spiro atoms. The van der Waals surface area contributed by atoms with E-state index < -0.39 is 12.1 Å². The van der Waals surface area contributed by atoms with Gasteiger partial charge in [0.1, 0.15) is 11.7 Å². The molecule has 0 aliphatic rings. The molecule has 1 nitrogen and oxygen atoms in total. The minimum Gasteiger partial charge on any atom is -0.497 e. The fourth-order valence-electron chi connectivity index (χ4n) is 1.81. The van der Waals surface area contributed by atoms with E-state index in [2.05, 4.69) is 0 Å². The van der Waals surface area contributed by atoms with Crippen molar-refractivity contribution in [3.8, 4) is 5.75 Å². The molecule has 2 aromatic rings. The zero-order valence-corrected chi connectivity index (χ0v) is 10.4. The number of methoxy groups -OCH3 is 1. The molecule has 1 aromatic heterocycles. The van der Waals surface area contributed by atoms with E-state index in [-0.39, 0.29) is 11.1 Å². The SMILES string of the molecule is COc1ccc([C@@H](c2ccsc2)C(F)(F)F)cc1. The molecule has 5 heteroatoms. The van der Waals surface area contributed by atoms with Crippen LogP contribution in [0.3, 0.4) is 0 Å². The summed E-state index contributed by atoms with van der Waals surface area (Å²) in [6.45, 7) is 0. The van der Waals surface area contributed by atoms with Crippen molar-refractivity contribution in [1.82, 2.24) is 0 Å². The van der Waals surface area contributed by atoms with E-state index >= 15 is 0 Å². The number of rotatable bonds is 3. The van der Waals surface area contributed by atoms with E-state index in [0.29, 0.717) is 5.75 Å². The van der Waals surface area contributed by atoms with Crippen LogP contribution in [0.2, 0.25) is 0 Å². The van der Waals surface area contributed by atoms with Crippen molar-refractivity contribution >= 4 is 11.3 Å². The normalized spacial score (nSPS) is 13.3. The Morgan fingerprint density at radius 1 is 1.06 bits per heavy atom. The Kier molecular flexibility index (Phi) is 3.61. The van der Waals surface area contributed by atoms with E-state index in [1.54, 1.807) is 17.5 Å². The van der Waals surface area contributed by atoms with Gasteiger partial charge in [-0.3, -0.25) is 0 Å². The van der Waals surface area contributed by atoms with E-state index in [0.717, 1.165) is 0 Å². The molecule has 0 N–H and O–H groups in total. The number of alkyl halides is 3. The van der Waals surface area contributed by atoms with Gasteiger partial charge in [-0.2, -0.15) is 24.5 Å². The van der Waals surface area contributed by atoms with Crippen LogP contribution in [0.15, 0.2) is 41.1 Å². The predicted octanol–water partition coefficient (Wildman–Crippen LogP) is 4.45. The molecule has 96 valence electrons. The standard InChI is InChI=1S/C13H11F3OS/c1-17-11-4-2-9(3-5-11)12(13(14,15)16)10-6-7-18-8-10/h2-8,12H,1H3/t12-/m0/s1. The summed E-state index contributed by atoms with van der Waals surface area (Å²) in [5, 5.41) is 3.18. The van der Waals surface area contributed by atoms with Gasteiger partial charge in [0.2, 0.25) is 0 Å². The number of ether oxygens (including phenoxy) is 1. The lowest BCUT2D eigenvalue weighted by molar-refractivity contribution is -0.141. The maximum atomic E-state index is 13.1. The third kappa shape index (κ3) is 2.67. The molecule has 0 saturated carbocycles. The summed E-state index contributed by atoms with van der Waals surface area (Å²) in [5.41, 5.74) is 0.499. The van der Waals surface area contributed by atoms with Gasteiger partial charge in [0.25, 0.3) is 0 Å². The van der Waals surface area contributed by atoms with Crippen LogP contribution in [-0.2, 0) is 0 Å². The van der Waals surface area contributed by atoms with Crippen molar-refractivity contribution in [2.45, 2.75) is 12.1 Å². The molecule has 1 aromatic carbocycles. The highest BCUT2D eigenvalue weighted by molar-refractivity contribution is 7.08. The molecule has 0 amide bonds. The second kappa shape index (κ2) is 5.02. The highest BCUT2D eigenvalue weighted by Crippen LogP contribution is 2.41. The molecular formula is C13H11F3OS. The van der Waals surface area contributed by atoms with Crippen LogP contribution in [0.5, 0.6) is 5.75 Å². The van der Waals surface area contributed by atoms with Gasteiger partial charge in [-0.15, -0.1) is 0 Å². The molecule has 0 fully saturated rings. The number of benzene rings is 1. The van der Waals surface area contributed by atoms with E-state index in [4.69, 9.17) is 4.74 Å². The average molecular weight is 272 g/mol. The zero-order chi connectivity index (χ0) is 13.2. The van der Waals surface area contributed by atoms with Crippen molar-refractivity contribution in [3.63, 3.8) is 0 Å². The minimum atomic E-state index is -4.30. The maximum Gasteiger partial charge on any atom is 0.399 e. The van der Waals surface area contributed by atoms with Crippen molar-refractivity contribution in [3.05, 3.63) is 52.2 Å². The van der Waals surface area contributed by atoms with Gasteiger partial charge in [-0.05, 0) is 40.1 Å². The highest BCUT2D eigenvalue weighted by Gasteiger charge is 2.41. The molecule has 18 heavy (non-hydrogen) atoms. The molecule has 2 rings (SSSR count). The van der Waals surface area contributed by atoms with Crippen LogP contribution >= 0.6 is 11.3 Å². The molecule has 0 aliphatic carbocycles. The van der Waals surface area contributed by atoms with Gasteiger partial charge in [0.05, 0.1) is 7.11 Å². The topological polar surface area (TPSA) is 9.23 Å². The molecule has 0 unspecified atom stereocenters. The summed E-state index contributed by atoms with van der Waals surface area (Å²) in [4.78, 5) is 0. The highest BCUT2D eigenvalue weighted by atomic mass is 32.1. The van der Waals surface area contributed by atoms with Crippen molar-refractivity contribution in [2.75, 3.05) is 7.11 Å². The fourth-order valence-corrected chi connectivity index (χ4v) is 2.49. The average Bonchev–Trinajstić information content (AvgIpc) is 2.82. The van der Waals surface area contributed by atoms with Crippen LogP contribution in [-0.4, -0.2) is 13.3 Å². The lowest BCUT2D eigenvalue weighted by Gasteiger charge is -2.20. The summed E-state index contributed by atoms with van der Waals surface area (Å²) in [6, 6.07) is 7.50. The summed E-state index contributed by atoms with van der Waals surface area (Å²) in [5.74, 6) is -1.03. The summed E-state index contributed by atoms with van der Waals surface area (Å²) < 4.78 is 44.3. The number of hydrogen-bond donors (Lipinski definition) is 0. The Bertz CT molecular complexity index is 488. The number of hydrogen-bond acceptors (Lipinski definition) is 2. The van der Waals surface area contributed by atoms with Crippen molar-refractivity contribution in [2.24, 2.45) is 0 Å². The maximum absolute atomic E-state index is 13.1. The largest absolute Gasteiger partial charge is 0.497 e. The first kappa shape index (κ1) is 13.0. The molecule has 0 radical (unpaired) electrons. The van der Waals surface area contributed by atoms with Crippen LogP contribution < -0.4 is 4.74 Å². The Labute approximate surface area is 107 Å². The van der Waals surface area contributed by atoms with Gasteiger partial charge in [0.15, 0.2) is 0 Å². The molecule has 0 bridgehead atoms. The second-order valence-electron chi connectivity index (χ2n) is 3.80. The van der Waals surface area contributed by atoms with Gasteiger partial charge in [-0.1, -0.05) is 12.1 Å². The van der Waals surface area contributed by atoms with Gasteiger partial charge >= 0.3 is 6.18 Å². The lowest BCUT2D eigenvalue weighted by Crippen LogP contribution is -2.21. The van der Waals surface area contributed by atoms with Gasteiger partial charge < -0.3 is 4.74 Å². The molecule has 1 heterocycles. The second-order valence-corrected chi connectivity index (χ2v) is 4.58. The first-order valence-electron chi connectivity index (χ1n) is 5.25. The fraction of sp³-hybridized carbons (Fsp3) is 0.231. The third-order valence-corrected chi connectivity index (χ3v) is 3.35. The minimum absolute atomic E-state index is 0.224. The first-order chi connectivity index (χ1) is 8.52. The zero-order valence-electron chi connectivity index (χ0n) is 9.57. The Morgan fingerprint density at radius 3 is 2.17 bits per heavy atom. The van der Waals surface area contributed by atoms with Gasteiger partial charge in [0, 0.05) is 0 Å². The van der Waals surface area contributed by atoms with E-state index in [1.807, 2.05) is 0 Å². The first-order valence-corrected chi connectivity index (χ1v) is 6.19. The Balaban J connectivity index is 2.40. The summed E-state index contributed by atoms with van der Waals surface area (Å²) >= 11 is 1.26. The smallest absolute Gasteiger partial charge is 0.399 e. The van der Waals surface area contributed by atoms with Crippen LogP contribution in [0.4, 0.5) is 13.2 Å². The van der Waals surface area contributed by atoms with Crippen LogP contribution in [0, 0.1) is 0 Å². The van der Waals surface area contributed by atoms with Crippen molar-refractivity contribution < 1.29 is 17.9 Å².